The van der Waals surface area contributed by atoms with Crippen LogP contribution in [0.4, 0.5) is 5.69 Å². The number of rotatable bonds is 8. The lowest BCUT2D eigenvalue weighted by Gasteiger charge is -2.27. The lowest BCUT2D eigenvalue weighted by Crippen LogP contribution is -2.34. The summed E-state index contributed by atoms with van der Waals surface area (Å²) in [6, 6.07) is 6.54. The van der Waals surface area contributed by atoms with Crippen LogP contribution in [0, 0.1) is 10.1 Å². The number of benzene rings is 1. The molecule has 6 nitrogen and oxygen atoms in total. The Morgan fingerprint density at radius 2 is 2.20 bits per heavy atom. The van der Waals surface area contributed by atoms with Gasteiger partial charge in [0.05, 0.1) is 17.6 Å². The Morgan fingerprint density at radius 3 is 2.80 bits per heavy atom. The third-order valence-electron chi connectivity index (χ3n) is 3.24. The van der Waals surface area contributed by atoms with Gasteiger partial charge in [-0.15, -0.1) is 0 Å². The number of hydrogen-bond acceptors (Lipinski definition) is 5. The van der Waals surface area contributed by atoms with Gasteiger partial charge in [-0.05, 0) is 26.5 Å². The third kappa shape index (κ3) is 4.88. The molecule has 0 radical (unpaired) electrons. The molecular weight excluding hydrogens is 260 g/mol. The summed E-state index contributed by atoms with van der Waals surface area (Å²) < 4.78 is 5.17. The normalized spacial score (nSPS) is 14.2. The fourth-order valence-corrected chi connectivity index (χ4v) is 1.95. The van der Waals surface area contributed by atoms with Crippen LogP contribution in [0.5, 0.6) is 0 Å². The molecule has 0 spiro atoms. The molecule has 0 aliphatic rings. The van der Waals surface area contributed by atoms with E-state index in [1.165, 1.54) is 6.07 Å². The highest BCUT2D eigenvalue weighted by molar-refractivity contribution is 5.35. The lowest BCUT2D eigenvalue weighted by atomic mass is 10.1. The number of nitro benzene ring substituents is 1. The van der Waals surface area contributed by atoms with E-state index in [0.717, 1.165) is 5.56 Å². The summed E-state index contributed by atoms with van der Waals surface area (Å²) in [5, 5.41) is 20.6. The van der Waals surface area contributed by atoms with Crippen LogP contribution in [-0.4, -0.2) is 47.8 Å². The van der Waals surface area contributed by atoms with Crippen LogP contribution in [0.25, 0.3) is 0 Å². The Hall–Kier alpha value is -1.50. The molecule has 0 amide bonds. The molecule has 1 aromatic rings. The van der Waals surface area contributed by atoms with Gasteiger partial charge in [0.15, 0.2) is 0 Å². The molecule has 0 saturated heterocycles. The van der Waals surface area contributed by atoms with E-state index in [2.05, 4.69) is 0 Å². The highest BCUT2D eigenvalue weighted by atomic mass is 16.6. The van der Waals surface area contributed by atoms with Gasteiger partial charge >= 0.3 is 0 Å². The van der Waals surface area contributed by atoms with Crippen LogP contribution in [0.15, 0.2) is 24.3 Å². The van der Waals surface area contributed by atoms with Crippen molar-refractivity contribution in [3.8, 4) is 0 Å². The fraction of sp³-hybridized carbons (Fsp3) is 0.571. The minimum atomic E-state index is -0.568. The molecule has 0 bridgehead atoms. The molecular formula is C14H22N2O4. The number of aliphatic hydroxyl groups excluding tert-OH is 1. The van der Waals surface area contributed by atoms with E-state index in [9.17, 15) is 15.2 Å². The van der Waals surface area contributed by atoms with E-state index >= 15 is 0 Å². The molecule has 0 aliphatic carbocycles. The van der Waals surface area contributed by atoms with Crippen LogP contribution in [0.1, 0.15) is 25.5 Å². The second-order valence-corrected chi connectivity index (χ2v) is 4.78. The zero-order valence-electron chi connectivity index (χ0n) is 12.2. The van der Waals surface area contributed by atoms with Crippen LogP contribution < -0.4 is 0 Å². The first kappa shape index (κ1) is 16.6. The number of hydrogen-bond donors (Lipinski definition) is 1. The smallest absolute Gasteiger partial charge is 0.269 e. The molecule has 20 heavy (non-hydrogen) atoms. The minimum absolute atomic E-state index is 0.0221. The molecule has 0 unspecified atom stereocenters. The van der Waals surface area contributed by atoms with E-state index in [0.29, 0.717) is 19.8 Å². The van der Waals surface area contributed by atoms with E-state index in [4.69, 9.17) is 4.74 Å². The molecule has 0 heterocycles. The maximum atomic E-state index is 10.8. The number of ether oxygens (including phenoxy) is 1. The van der Waals surface area contributed by atoms with E-state index in [1.807, 2.05) is 31.9 Å². The van der Waals surface area contributed by atoms with Crippen molar-refractivity contribution in [3.63, 3.8) is 0 Å². The third-order valence-corrected chi connectivity index (χ3v) is 3.24. The quantitative estimate of drug-likeness (QED) is 0.583. The molecule has 0 fully saturated rings. The van der Waals surface area contributed by atoms with E-state index < -0.39 is 11.0 Å². The predicted octanol–water partition coefficient (Wildman–Crippen LogP) is 1.99. The fourth-order valence-electron chi connectivity index (χ4n) is 1.95. The molecule has 112 valence electrons. The first-order chi connectivity index (χ1) is 9.45. The van der Waals surface area contributed by atoms with Gasteiger partial charge in [0.25, 0.3) is 5.69 Å². The topological polar surface area (TPSA) is 75.8 Å². The van der Waals surface area contributed by atoms with Crippen LogP contribution in [-0.2, 0) is 4.74 Å². The van der Waals surface area contributed by atoms with Crippen LogP contribution in [0.2, 0.25) is 0 Å². The van der Waals surface area contributed by atoms with Gasteiger partial charge in [-0.2, -0.15) is 0 Å². The minimum Gasteiger partial charge on any atom is -0.389 e. The maximum Gasteiger partial charge on any atom is 0.269 e. The average Bonchev–Trinajstić information content (AvgIpc) is 2.44. The van der Waals surface area contributed by atoms with Gasteiger partial charge in [-0.25, -0.2) is 0 Å². The zero-order chi connectivity index (χ0) is 15.1. The Labute approximate surface area is 119 Å². The zero-order valence-corrected chi connectivity index (χ0v) is 12.2. The molecule has 1 aromatic carbocycles. The van der Waals surface area contributed by atoms with Crippen molar-refractivity contribution < 1.29 is 14.8 Å². The van der Waals surface area contributed by atoms with Gasteiger partial charge in [0.1, 0.15) is 0 Å². The lowest BCUT2D eigenvalue weighted by molar-refractivity contribution is -0.384. The molecule has 1 N–H and O–H groups in total. The molecule has 6 heteroatoms. The Balaban J connectivity index is 2.66. The summed E-state index contributed by atoms with van der Waals surface area (Å²) >= 11 is 0. The first-order valence-electron chi connectivity index (χ1n) is 6.66. The Bertz CT molecular complexity index is 439. The second-order valence-electron chi connectivity index (χ2n) is 4.78. The Kier molecular flexibility index (Phi) is 6.57. The molecule has 2 atom stereocenters. The molecule has 1 rings (SSSR count). The summed E-state index contributed by atoms with van der Waals surface area (Å²) in [6.45, 7) is 5.14. The van der Waals surface area contributed by atoms with Gasteiger partial charge < -0.3 is 9.84 Å². The van der Waals surface area contributed by atoms with Crippen molar-refractivity contribution in [1.82, 2.24) is 4.90 Å². The number of aliphatic hydroxyl groups is 1. The summed E-state index contributed by atoms with van der Waals surface area (Å²) in [7, 11) is 1.87. The summed E-state index contributed by atoms with van der Waals surface area (Å²) in [5.74, 6) is 0. The maximum absolute atomic E-state index is 10.8. The summed E-state index contributed by atoms with van der Waals surface area (Å²) in [6.07, 6.45) is -0.568. The highest BCUT2D eigenvalue weighted by Crippen LogP contribution is 2.22. The number of nitrogens with zero attached hydrogens (tertiary/aromatic N) is 2. The molecule has 0 aliphatic heterocycles. The largest absolute Gasteiger partial charge is 0.389 e. The van der Waals surface area contributed by atoms with Crippen LogP contribution >= 0.6 is 0 Å². The van der Waals surface area contributed by atoms with Gasteiger partial charge in [0.2, 0.25) is 0 Å². The summed E-state index contributed by atoms with van der Waals surface area (Å²) in [4.78, 5) is 12.3. The monoisotopic (exact) mass is 282 g/mol. The van der Waals surface area contributed by atoms with Crippen LogP contribution in [0.3, 0.4) is 0 Å². The van der Waals surface area contributed by atoms with Gasteiger partial charge in [0, 0.05) is 31.3 Å². The SMILES string of the molecule is CCOC[C@H](O)CN(C)[C@H](C)c1cccc([N+](=O)[O-])c1. The number of likely N-dealkylation sites (N-methyl/N-ethyl adjacent to an activating group) is 1. The van der Waals surface area contributed by atoms with E-state index in [-0.39, 0.29) is 11.7 Å². The van der Waals surface area contributed by atoms with Crippen molar-refractivity contribution in [3.05, 3.63) is 39.9 Å². The first-order valence-corrected chi connectivity index (χ1v) is 6.66. The van der Waals surface area contributed by atoms with Crippen molar-refractivity contribution in [2.75, 3.05) is 26.8 Å². The molecule has 0 saturated carbocycles. The predicted molar refractivity (Wildman–Crippen MR) is 76.6 cm³/mol. The number of non-ortho nitro benzene ring substituents is 1. The van der Waals surface area contributed by atoms with E-state index in [1.54, 1.807) is 12.1 Å². The standard InChI is InChI=1S/C14H22N2O4/c1-4-20-10-14(17)9-15(3)11(2)12-6-5-7-13(8-12)16(18)19/h5-8,11,14,17H,4,9-10H2,1-3H3/t11-,14-/m1/s1. The second kappa shape index (κ2) is 7.94. The van der Waals surface area contributed by atoms with Gasteiger partial charge in [-0.3, -0.25) is 15.0 Å². The van der Waals surface area contributed by atoms with Crippen molar-refractivity contribution in [2.24, 2.45) is 0 Å². The number of nitro groups is 1. The highest BCUT2D eigenvalue weighted by Gasteiger charge is 2.17. The van der Waals surface area contributed by atoms with Crippen molar-refractivity contribution >= 4 is 5.69 Å². The molecule has 0 aromatic heterocycles. The van der Waals surface area contributed by atoms with Crippen molar-refractivity contribution in [1.29, 1.82) is 0 Å². The average molecular weight is 282 g/mol. The summed E-state index contributed by atoms with van der Waals surface area (Å²) in [5.41, 5.74) is 0.933. The van der Waals surface area contributed by atoms with Gasteiger partial charge in [-0.1, -0.05) is 12.1 Å². The van der Waals surface area contributed by atoms with Crippen molar-refractivity contribution in [2.45, 2.75) is 26.0 Å². The Morgan fingerprint density at radius 1 is 1.50 bits per heavy atom.